The third-order valence-electron chi connectivity index (χ3n) is 3.47. The summed E-state index contributed by atoms with van der Waals surface area (Å²) in [6.07, 6.45) is 1.18. The van der Waals surface area contributed by atoms with E-state index in [-0.39, 0.29) is 30.1 Å². The highest BCUT2D eigenvalue weighted by Gasteiger charge is 2.21. The first-order chi connectivity index (χ1) is 10.7. The summed E-state index contributed by atoms with van der Waals surface area (Å²) in [5, 5.41) is 6.46. The van der Waals surface area contributed by atoms with E-state index in [0.717, 1.165) is 42.5 Å². The summed E-state index contributed by atoms with van der Waals surface area (Å²) in [7, 11) is 0. The van der Waals surface area contributed by atoms with E-state index in [1.165, 1.54) is 5.56 Å². The first-order valence-corrected chi connectivity index (χ1v) is 8.15. The van der Waals surface area contributed by atoms with Crippen molar-refractivity contribution in [2.75, 3.05) is 19.7 Å². The molecule has 2 rings (SSSR count). The largest absolute Gasteiger partial charge is 0.494 e. The Balaban J connectivity index is 0.00000264. The Morgan fingerprint density at radius 3 is 2.57 bits per heavy atom. The molecule has 0 fully saturated rings. The number of ether oxygens (including phenoxy) is 2. The Morgan fingerprint density at radius 1 is 1.26 bits per heavy atom. The van der Waals surface area contributed by atoms with Gasteiger partial charge >= 0.3 is 0 Å². The van der Waals surface area contributed by atoms with Crippen molar-refractivity contribution in [2.45, 2.75) is 46.8 Å². The Labute approximate surface area is 156 Å². The van der Waals surface area contributed by atoms with Gasteiger partial charge in [0.2, 0.25) is 0 Å². The van der Waals surface area contributed by atoms with Crippen molar-refractivity contribution in [1.29, 1.82) is 0 Å². The van der Waals surface area contributed by atoms with Gasteiger partial charge in [-0.15, -0.1) is 24.0 Å². The van der Waals surface area contributed by atoms with Gasteiger partial charge in [-0.05, 0) is 39.8 Å². The van der Waals surface area contributed by atoms with Gasteiger partial charge in [0.25, 0.3) is 0 Å². The smallest absolute Gasteiger partial charge is 0.191 e. The number of fused-ring (bicyclic) bond motifs is 1. The summed E-state index contributed by atoms with van der Waals surface area (Å²) in [5.74, 6) is 2.70. The number of hydrogen-bond acceptors (Lipinski definition) is 3. The maximum Gasteiger partial charge on any atom is 0.191 e. The first kappa shape index (κ1) is 19.9. The van der Waals surface area contributed by atoms with Gasteiger partial charge in [0.1, 0.15) is 17.6 Å². The van der Waals surface area contributed by atoms with Crippen LogP contribution in [0.4, 0.5) is 0 Å². The minimum atomic E-state index is 0. The molecule has 0 aliphatic carbocycles. The van der Waals surface area contributed by atoms with E-state index < -0.39 is 0 Å². The van der Waals surface area contributed by atoms with Crippen LogP contribution < -0.4 is 20.1 Å². The lowest BCUT2D eigenvalue weighted by atomic mass is 10.1. The molecular weight excluding hydrogens is 405 g/mol. The van der Waals surface area contributed by atoms with Crippen LogP contribution in [0.1, 0.15) is 38.8 Å². The zero-order chi connectivity index (χ0) is 15.9. The lowest BCUT2D eigenvalue weighted by molar-refractivity contribution is 0.254. The third-order valence-corrected chi connectivity index (χ3v) is 3.47. The highest BCUT2D eigenvalue weighted by molar-refractivity contribution is 14.0. The van der Waals surface area contributed by atoms with Gasteiger partial charge in [0.15, 0.2) is 5.96 Å². The van der Waals surface area contributed by atoms with E-state index in [1.807, 2.05) is 6.92 Å². The molecule has 1 aromatic rings. The normalized spacial score (nSPS) is 15.0. The predicted octanol–water partition coefficient (Wildman–Crippen LogP) is 3.10. The van der Waals surface area contributed by atoms with Crippen molar-refractivity contribution in [2.24, 2.45) is 4.99 Å². The van der Waals surface area contributed by atoms with Gasteiger partial charge in [-0.2, -0.15) is 0 Å². The van der Waals surface area contributed by atoms with Crippen molar-refractivity contribution in [3.8, 4) is 11.5 Å². The summed E-state index contributed by atoms with van der Waals surface area (Å²) in [5.41, 5.74) is 2.28. The number of halogens is 1. The van der Waals surface area contributed by atoms with Crippen LogP contribution in [0.5, 0.6) is 11.5 Å². The number of nitrogens with one attached hydrogen (secondary N) is 2. The van der Waals surface area contributed by atoms with Crippen molar-refractivity contribution < 1.29 is 9.47 Å². The van der Waals surface area contributed by atoms with Crippen LogP contribution in [0.25, 0.3) is 0 Å². The number of hydrogen-bond donors (Lipinski definition) is 2. The van der Waals surface area contributed by atoms with Crippen molar-refractivity contribution >= 4 is 29.9 Å². The van der Waals surface area contributed by atoms with E-state index in [0.29, 0.717) is 13.2 Å². The molecule has 2 N–H and O–H groups in total. The van der Waals surface area contributed by atoms with Crippen LogP contribution in [0.3, 0.4) is 0 Å². The quantitative estimate of drug-likeness (QED) is 0.411. The van der Waals surface area contributed by atoms with Crippen molar-refractivity contribution in [3.63, 3.8) is 0 Å². The molecule has 1 atom stereocenters. The molecule has 0 saturated heterocycles. The minimum absolute atomic E-state index is 0. The fourth-order valence-electron chi connectivity index (χ4n) is 2.57. The van der Waals surface area contributed by atoms with E-state index in [1.54, 1.807) is 0 Å². The molecule has 1 aliphatic heterocycles. The van der Waals surface area contributed by atoms with Crippen LogP contribution in [0, 0.1) is 0 Å². The van der Waals surface area contributed by atoms with Crippen LogP contribution >= 0.6 is 24.0 Å². The van der Waals surface area contributed by atoms with Crippen LogP contribution in [0.2, 0.25) is 0 Å². The number of aliphatic imine (C=N–C) groups is 1. The van der Waals surface area contributed by atoms with E-state index in [4.69, 9.17) is 9.47 Å². The van der Waals surface area contributed by atoms with E-state index in [2.05, 4.69) is 48.5 Å². The van der Waals surface area contributed by atoms with Crippen molar-refractivity contribution in [3.05, 3.63) is 23.3 Å². The average molecular weight is 433 g/mol. The molecule has 0 bridgehead atoms. The summed E-state index contributed by atoms with van der Waals surface area (Å²) in [6.45, 7) is 11.1. The van der Waals surface area contributed by atoms with E-state index >= 15 is 0 Å². The van der Waals surface area contributed by atoms with Gasteiger partial charge in [-0.1, -0.05) is 0 Å². The summed E-state index contributed by atoms with van der Waals surface area (Å²) < 4.78 is 11.6. The molecule has 0 radical (unpaired) electrons. The highest BCUT2D eigenvalue weighted by Crippen LogP contribution is 2.35. The molecular formula is C17H28IN3O2. The lowest BCUT2D eigenvalue weighted by Gasteiger charge is -2.13. The Hall–Kier alpha value is -1.18. The Kier molecular flexibility index (Phi) is 8.51. The molecule has 5 nitrogen and oxygen atoms in total. The molecule has 1 heterocycles. The monoisotopic (exact) mass is 433 g/mol. The molecule has 0 saturated carbocycles. The van der Waals surface area contributed by atoms with Crippen LogP contribution in [-0.2, 0) is 13.0 Å². The van der Waals surface area contributed by atoms with E-state index in [9.17, 15) is 0 Å². The number of guanidine groups is 1. The zero-order valence-corrected chi connectivity index (χ0v) is 16.8. The topological polar surface area (TPSA) is 54.9 Å². The summed E-state index contributed by atoms with van der Waals surface area (Å²) in [6, 6.07) is 4.18. The molecule has 1 aromatic carbocycles. The van der Waals surface area contributed by atoms with Gasteiger partial charge in [0.05, 0.1) is 13.2 Å². The average Bonchev–Trinajstić information content (AvgIpc) is 2.84. The second-order valence-electron chi connectivity index (χ2n) is 5.36. The number of benzene rings is 1. The second-order valence-corrected chi connectivity index (χ2v) is 5.36. The number of rotatable bonds is 6. The van der Waals surface area contributed by atoms with Crippen molar-refractivity contribution in [1.82, 2.24) is 10.6 Å². The zero-order valence-electron chi connectivity index (χ0n) is 14.4. The molecule has 0 aromatic heterocycles. The van der Waals surface area contributed by atoms with Crippen LogP contribution in [0.15, 0.2) is 17.1 Å². The molecule has 6 heteroatoms. The maximum absolute atomic E-state index is 5.85. The molecule has 130 valence electrons. The second kappa shape index (κ2) is 9.85. The maximum atomic E-state index is 5.85. The lowest BCUT2D eigenvalue weighted by Crippen LogP contribution is -2.36. The molecule has 1 unspecified atom stereocenters. The molecule has 1 aliphatic rings. The van der Waals surface area contributed by atoms with Gasteiger partial charge in [0, 0.05) is 30.6 Å². The Morgan fingerprint density at radius 2 is 1.96 bits per heavy atom. The van der Waals surface area contributed by atoms with Crippen LogP contribution in [-0.4, -0.2) is 31.8 Å². The van der Waals surface area contributed by atoms with Gasteiger partial charge < -0.3 is 20.1 Å². The minimum Gasteiger partial charge on any atom is -0.494 e. The first-order valence-electron chi connectivity index (χ1n) is 8.15. The molecule has 23 heavy (non-hydrogen) atoms. The standard InChI is InChI=1S/C17H27N3O2.HI/c1-5-18-17(19-6-2)20-11-14-10-16-13(8-12(4)22-16)9-15(14)21-7-3;/h9-10,12H,5-8,11H2,1-4H3,(H2,18,19,20);1H. The molecule has 0 amide bonds. The predicted molar refractivity (Wildman–Crippen MR) is 105 cm³/mol. The van der Waals surface area contributed by atoms with Gasteiger partial charge in [-0.3, -0.25) is 0 Å². The third kappa shape index (κ3) is 5.44. The highest BCUT2D eigenvalue weighted by atomic mass is 127. The summed E-state index contributed by atoms with van der Waals surface area (Å²) in [4.78, 5) is 4.62. The fourth-order valence-corrected chi connectivity index (χ4v) is 2.57. The van der Waals surface area contributed by atoms with Gasteiger partial charge in [-0.25, -0.2) is 4.99 Å². The SMILES string of the molecule is CCNC(=NCc1cc2c(cc1OCC)CC(C)O2)NCC.I. The Bertz CT molecular complexity index is 527. The fraction of sp³-hybridized carbons (Fsp3) is 0.588. The molecule has 0 spiro atoms. The summed E-state index contributed by atoms with van der Waals surface area (Å²) >= 11 is 0. The number of nitrogens with zero attached hydrogens (tertiary/aromatic N) is 1.